The SMILES string of the molecule is CC.CC(=O)CCNC(=O)c1cnc(S(C)=O)c(C#N)c1. The van der Waals surface area contributed by atoms with Gasteiger partial charge in [-0.15, -0.1) is 0 Å². The van der Waals surface area contributed by atoms with Crippen molar-refractivity contribution >= 4 is 22.5 Å². The fourth-order valence-corrected chi connectivity index (χ4v) is 1.96. The Labute approximate surface area is 127 Å². The van der Waals surface area contributed by atoms with Crippen LogP contribution in [-0.4, -0.2) is 33.7 Å². The molecule has 1 rings (SSSR count). The molecule has 1 aromatic rings. The van der Waals surface area contributed by atoms with Gasteiger partial charge >= 0.3 is 0 Å². The van der Waals surface area contributed by atoms with E-state index in [1.54, 1.807) is 0 Å². The summed E-state index contributed by atoms with van der Waals surface area (Å²) in [6.07, 6.45) is 2.93. The zero-order chi connectivity index (χ0) is 16.4. The lowest BCUT2D eigenvalue weighted by atomic mass is 10.2. The van der Waals surface area contributed by atoms with Crippen molar-refractivity contribution < 1.29 is 13.8 Å². The largest absolute Gasteiger partial charge is 0.352 e. The molecule has 1 heterocycles. The van der Waals surface area contributed by atoms with E-state index in [1.807, 2.05) is 19.9 Å². The Bertz CT molecular complexity index is 579. The van der Waals surface area contributed by atoms with Crippen molar-refractivity contribution in [1.29, 1.82) is 5.26 Å². The fraction of sp³-hybridized carbons (Fsp3) is 0.429. The molecular weight excluding hydrogens is 290 g/mol. The van der Waals surface area contributed by atoms with Crippen LogP contribution in [-0.2, 0) is 15.6 Å². The van der Waals surface area contributed by atoms with Gasteiger partial charge in [-0.2, -0.15) is 5.26 Å². The van der Waals surface area contributed by atoms with Crippen LogP contribution in [0.5, 0.6) is 0 Å². The van der Waals surface area contributed by atoms with Gasteiger partial charge in [0.1, 0.15) is 16.9 Å². The van der Waals surface area contributed by atoms with E-state index in [1.165, 1.54) is 25.4 Å². The standard InChI is InChI=1S/C12H13N3O3S.C2H6/c1-8(16)3-4-14-11(17)10-5-9(6-13)12(15-7-10)19(2)18;1-2/h5,7H,3-4H2,1-2H3,(H,14,17);1-2H3. The maximum absolute atomic E-state index is 11.7. The quantitative estimate of drug-likeness (QED) is 0.886. The molecule has 114 valence electrons. The van der Waals surface area contributed by atoms with E-state index in [0.29, 0.717) is 0 Å². The number of amides is 1. The highest BCUT2D eigenvalue weighted by atomic mass is 32.2. The fourth-order valence-electron chi connectivity index (χ4n) is 1.34. The van der Waals surface area contributed by atoms with Crippen LogP contribution in [0.2, 0.25) is 0 Å². The summed E-state index contributed by atoms with van der Waals surface area (Å²) in [6, 6.07) is 3.20. The maximum atomic E-state index is 11.7. The summed E-state index contributed by atoms with van der Waals surface area (Å²) in [6.45, 7) is 5.67. The first-order valence-corrected chi connectivity index (χ1v) is 8.02. The van der Waals surface area contributed by atoms with E-state index in [2.05, 4.69) is 10.3 Å². The summed E-state index contributed by atoms with van der Waals surface area (Å²) >= 11 is 0. The second-order valence-corrected chi connectivity index (χ2v) is 5.15. The van der Waals surface area contributed by atoms with Crippen molar-refractivity contribution in [2.45, 2.75) is 32.2 Å². The summed E-state index contributed by atoms with van der Waals surface area (Å²) < 4.78 is 11.3. The molecule has 0 aliphatic heterocycles. The number of ketones is 1. The molecule has 1 amide bonds. The number of hydrogen-bond acceptors (Lipinski definition) is 5. The molecule has 0 saturated heterocycles. The van der Waals surface area contributed by atoms with Crippen LogP contribution in [0.1, 0.15) is 43.1 Å². The predicted molar refractivity (Wildman–Crippen MR) is 80.3 cm³/mol. The third-order valence-electron chi connectivity index (χ3n) is 2.27. The molecule has 21 heavy (non-hydrogen) atoms. The lowest BCUT2D eigenvalue weighted by Crippen LogP contribution is -2.26. The van der Waals surface area contributed by atoms with Gasteiger partial charge in [-0.05, 0) is 13.0 Å². The third-order valence-corrected chi connectivity index (χ3v) is 3.14. The lowest BCUT2D eigenvalue weighted by Gasteiger charge is -2.05. The summed E-state index contributed by atoms with van der Waals surface area (Å²) in [5.74, 6) is -0.438. The first-order chi connectivity index (χ1) is 9.95. The zero-order valence-electron chi connectivity index (χ0n) is 12.6. The van der Waals surface area contributed by atoms with Gasteiger partial charge in [-0.1, -0.05) is 13.8 Å². The highest BCUT2D eigenvalue weighted by molar-refractivity contribution is 7.84. The van der Waals surface area contributed by atoms with Gasteiger partial charge < -0.3 is 5.32 Å². The first kappa shape index (κ1) is 18.9. The number of nitrogens with one attached hydrogen (secondary N) is 1. The molecule has 0 radical (unpaired) electrons. The normalized spacial score (nSPS) is 10.6. The molecule has 0 spiro atoms. The van der Waals surface area contributed by atoms with Crippen LogP contribution < -0.4 is 5.32 Å². The van der Waals surface area contributed by atoms with Crippen molar-refractivity contribution in [1.82, 2.24) is 10.3 Å². The molecule has 0 bridgehead atoms. The van der Waals surface area contributed by atoms with Gasteiger partial charge in [0.25, 0.3) is 5.91 Å². The van der Waals surface area contributed by atoms with Crippen LogP contribution >= 0.6 is 0 Å². The Morgan fingerprint density at radius 1 is 1.43 bits per heavy atom. The molecule has 1 N–H and O–H groups in total. The van der Waals surface area contributed by atoms with Gasteiger partial charge in [0.05, 0.1) is 21.9 Å². The zero-order valence-corrected chi connectivity index (χ0v) is 13.4. The molecular formula is C14H19N3O3S. The minimum atomic E-state index is -1.38. The van der Waals surface area contributed by atoms with E-state index in [0.717, 1.165) is 0 Å². The molecule has 1 unspecified atom stereocenters. The van der Waals surface area contributed by atoms with Gasteiger partial charge in [-0.25, -0.2) is 4.98 Å². The topological polar surface area (TPSA) is 99.9 Å². The number of nitriles is 1. The number of nitrogens with zero attached hydrogens (tertiary/aromatic N) is 2. The number of carbonyl (C=O) groups is 2. The Morgan fingerprint density at radius 2 is 2.05 bits per heavy atom. The minimum Gasteiger partial charge on any atom is -0.352 e. The molecule has 0 aromatic carbocycles. The van der Waals surface area contributed by atoms with Gasteiger partial charge in [-0.3, -0.25) is 13.8 Å². The molecule has 0 aliphatic carbocycles. The Morgan fingerprint density at radius 3 is 2.52 bits per heavy atom. The van der Waals surface area contributed by atoms with Crippen molar-refractivity contribution in [3.8, 4) is 6.07 Å². The summed E-state index contributed by atoms with van der Waals surface area (Å²) in [4.78, 5) is 26.3. The van der Waals surface area contributed by atoms with E-state index in [9.17, 15) is 13.8 Å². The third kappa shape index (κ3) is 6.27. The number of carbonyl (C=O) groups excluding carboxylic acids is 2. The van der Waals surface area contributed by atoms with Crippen LogP contribution in [0.3, 0.4) is 0 Å². The molecule has 0 fully saturated rings. The van der Waals surface area contributed by atoms with Crippen LogP contribution in [0.4, 0.5) is 0 Å². The molecule has 0 saturated carbocycles. The van der Waals surface area contributed by atoms with Crippen LogP contribution in [0, 0.1) is 11.3 Å². The Hall–Kier alpha value is -2.07. The molecule has 0 aliphatic rings. The lowest BCUT2D eigenvalue weighted by molar-refractivity contribution is -0.116. The Kier molecular flexibility index (Phi) is 8.81. The number of hydrogen-bond donors (Lipinski definition) is 1. The van der Waals surface area contributed by atoms with Crippen molar-refractivity contribution in [2.75, 3.05) is 12.8 Å². The molecule has 1 atom stereocenters. The monoisotopic (exact) mass is 309 g/mol. The second-order valence-electron chi connectivity index (χ2n) is 3.85. The van der Waals surface area contributed by atoms with Gasteiger partial charge in [0.2, 0.25) is 0 Å². The maximum Gasteiger partial charge on any atom is 0.252 e. The molecule has 1 aromatic heterocycles. The van der Waals surface area contributed by atoms with Crippen LogP contribution in [0.25, 0.3) is 0 Å². The minimum absolute atomic E-state index is 0.0205. The van der Waals surface area contributed by atoms with Crippen molar-refractivity contribution in [3.05, 3.63) is 23.4 Å². The van der Waals surface area contributed by atoms with E-state index in [4.69, 9.17) is 5.26 Å². The van der Waals surface area contributed by atoms with E-state index < -0.39 is 16.7 Å². The smallest absolute Gasteiger partial charge is 0.252 e. The average molecular weight is 309 g/mol. The van der Waals surface area contributed by atoms with Crippen LogP contribution in [0.15, 0.2) is 17.3 Å². The summed E-state index contributed by atoms with van der Waals surface area (Å²) in [5.41, 5.74) is 0.314. The Balaban J connectivity index is 0.00000191. The average Bonchev–Trinajstić information content (AvgIpc) is 2.47. The number of rotatable bonds is 5. The van der Waals surface area contributed by atoms with Gasteiger partial charge in [0.15, 0.2) is 0 Å². The summed E-state index contributed by atoms with van der Waals surface area (Å²) in [5, 5.41) is 11.6. The number of Topliss-reactive ketones (excluding diaryl/α,β-unsaturated/α-hetero) is 1. The van der Waals surface area contributed by atoms with E-state index >= 15 is 0 Å². The van der Waals surface area contributed by atoms with E-state index in [-0.39, 0.29) is 34.9 Å². The van der Waals surface area contributed by atoms with Crippen molar-refractivity contribution in [3.63, 3.8) is 0 Å². The highest BCUT2D eigenvalue weighted by Gasteiger charge is 2.12. The highest BCUT2D eigenvalue weighted by Crippen LogP contribution is 2.11. The number of aromatic nitrogens is 1. The van der Waals surface area contributed by atoms with Crippen molar-refractivity contribution in [2.24, 2.45) is 0 Å². The second kappa shape index (κ2) is 9.77. The van der Waals surface area contributed by atoms with Gasteiger partial charge in [0, 0.05) is 25.4 Å². The number of pyridine rings is 1. The predicted octanol–water partition coefficient (Wildman–Crippen LogP) is 1.43. The first-order valence-electron chi connectivity index (χ1n) is 6.47. The summed E-state index contributed by atoms with van der Waals surface area (Å²) in [7, 11) is -1.38. The molecule has 6 nitrogen and oxygen atoms in total. The molecule has 7 heteroatoms.